The summed E-state index contributed by atoms with van der Waals surface area (Å²) in [5, 5.41) is 2.75. The second kappa shape index (κ2) is 23.4. The van der Waals surface area contributed by atoms with Crippen LogP contribution in [0.5, 0.6) is 0 Å². The lowest BCUT2D eigenvalue weighted by atomic mass is 9.91. The van der Waals surface area contributed by atoms with Gasteiger partial charge in [-0.1, -0.05) is 47.0 Å². The normalized spacial score (nSPS) is 14.3. The van der Waals surface area contributed by atoms with Crippen molar-refractivity contribution in [3.63, 3.8) is 0 Å². The van der Waals surface area contributed by atoms with Gasteiger partial charge in [0.15, 0.2) is 0 Å². The van der Waals surface area contributed by atoms with Crippen LogP contribution in [-0.2, 0) is 4.79 Å². The molecule has 0 spiro atoms. The highest BCUT2D eigenvalue weighted by molar-refractivity contribution is 5.53. The Labute approximate surface area is 96.8 Å². The van der Waals surface area contributed by atoms with E-state index in [2.05, 4.69) is 5.32 Å². The van der Waals surface area contributed by atoms with E-state index in [1.807, 2.05) is 41.8 Å². The lowest BCUT2D eigenvalue weighted by molar-refractivity contribution is -0.111. The van der Waals surface area contributed by atoms with Gasteiger partial charge in [0.2, 0.25) is 0 Å². The molecule has 1 fully saturated rings. The van der Waals surface area contributed by atoms with Crippen LogP contribution in [0.1, 0.15) is 59.8 Å². The van der Waals surface area contributed by atoms with Crippen molar-refractivity contribution in [2.75, 3.05) is 14.1 Å². The van der Waals surface area contributed by atoms with Crippen LogP contribution in [0.15, 0.2) is 0 Å². The van der Waals surface area contributed by atoms with Crippen molar-refractivity contribution in [1.82, 2.24) is 5.32 Å². The molecule has 1 aliphatic rings. The van der Waals surface area contributed by atoms with E-state index in [1.54, 1.807) is 0 Å². The van der Waals surface area contributed by atoms with Crippen molar-refractivity contribution < 1.29 is 4.79 Å². The molecule has 15 heavy (non-hydrogen) atoms. The summed E-state index contributed by atoms with van der Waals surface area (Å²) in [6.45, 7) is 8.00. The van der Waals surface area contributed by atoms with Gasteiger partial charge in [0.1, 0.15) is 6.29 Å². The molecule has 0 bridgehead atoms. The minimum atomic E-state index is 0.406. The Hall–Kier alpha value is -0.370. The quantitative estimate of drug-likeness (QED) is 0.679. The molecule has 2 heteroatoms. The lowest BCUT2D eigenvalue weighted by Crippen LogP contribution is -2.06. The molecular weight excluding hydrogens is 186 g/mol. The highest BCUT2D eigenvalue weighted by Gasteiger charge is 2.10. The molecule has 2 nitrogen and oxygen atoms in total. The highest BCUT2D eigenvalue weighted by atomic mass is 16.1. The molecule has 0 aromatic carbocycles. The van der Waals surface area contributed by atoms with E-state index >= 15 is 0 Å². The van der Waals surface area contributed by atoms with E-state index < -0.39 is 0 Å². The average Bonchev–Trinajstić information content (AvgIpc) is 2.36. The van der Waals surface area contributed by atoms with Gasteiger partial charge in [-0.2, -0.15) is 0 Å². The molecule has 0 heterocycles. The lowest BCUT2D eigenvalue weighted by Gasteiger charge is -2.14. The Kier molecular flexibility index (Phi) is 31.4. The van der Waals surface area contributed by atoms with Gasteiger partial charge in [0.25, 0.3) is 0 Å². The van der Waals surface area contributed by atoms with Crippen LogP contribution in [0.2, 0.25) is 0 Å². The zero-order chi connectivity index (χ0) is 12.5. The summed E-state index contributed by atoms with van der Waals surface area (Å²) in [7, 11) is 3.75. The zero-order valence-corrected chi connectivity index (χ0v) is 11.6. The summed E-state index contributed by atoms with van der Waals surface area (Å²) < 4.78 is 0. The van der Waals surface area contributed by atoms with Crippen LogP contribution < -0.4 is 5.32 Å². The van der Waals surface area contributed by atoms with Crippen molar-refractivity contribution in [2.45, 2.75) is 59.8 Å². The smallest absolute Gasteiger partial charge is 0.123 e. The predicted molar refractivity (Wildman–Crippen MR) is 70.3 cm³/mol. The summed E-state index contributed by atoms with van der Waals surface area (Å²) in [4.78, 5) is 10.2. The molecule has 0 radical (unpaired) electrons. The molecular formula is C13H31NO. The Balaban J connectivity index is -0.000000176. The van der Waals surface area contributed by atoms with Crippen LogP contribution >= 0.6 is 0 Å². The molecule has 1 saturated carbocycles. The molecule has 1 rings (SSSR count). The van der Waals surface area contributed by atoms with Gasteiger partial charge in [-0.25, -0.2) is 0 Å². The zero-order valence-electron chi connectivity index (χ0n) is 11.6. The van der Waals surface area contributed by atoms with Crippen LogP contribution in [0.25, 0.3) is 0 Å². The fourth-order valence-electron chi connectivity index (χ4n) is 1.27. The molecule has 0 atom stereocenters. The number of hydrogen-bond acceptors (Lipinski definition) is 2. The Morgan fingerprint density at radius 3 is 1.47 bits per heavy atom. The first-order chi connectivity index (χ1) is 7.35. The highest BCUT2D eigenvalue weighted by Crippen LogP contribution is 2.21. The molecule has 0 aromatic heterocycles. The summed E-state index contributed by atoms with van der Waals surface area (Å²) in [5.74, 6) is 0.406. The van der Waals surface area contributed by atoms with Crippen molar-refractivity contribution in [3.8, 4) is 0 Å². The average molecular weight is 217 g/mol. The van der Waals surface area contributed by atoms with E-state index in [0.29, 0.717) is 5.92 Å². The fraction of sp³-hybridized carbons (Fsp3) is 0.923. The Bertz CT molecular complexity index is 88.5. The summed E-state index contributed by atoms with van der Waals surface area (Å²) >= 11 is 0. The van der Waals surface area contributed by atoms with Gasteiger partial charge in [0.05, 0.1) is 0 Å². The van der Waals surface area contributed by atoms with Gasteiger partial charge in [-0.05, 0) is 26.9 Å². The number of nitrogens with one attached hydrogen (secondary N) is 1. The van der Waals surface area contributed by atoms with Gasteiger partial charge in [-0.15, -0.1) is 0 Å². The second-order valence-electron chi connectivity index (χ2n) is 3.03. The van der Waals surface area contributed by atoms with E-state index in [4.69, 9.17) is 0 Å². The van der Waals surface area contributed by atoms with E-state index in [9.17, 15) is 4.79 Å². The third-order valence-electron chi connectivity index (χ3n) is 1.84. The molecule has 0 aliphatic heterocycles. The fourth-order valence-corrected chi connectivity index (χ4v) is 1.27. The largest absolute Gasteiger partial charge is 0.323 e. The SMILES string of the molecule is CC.CC.CNC.O=CC1CCCCC1. The van der Waals surface area contributed by atoms with Gasteiger partial charge < -0.3 is 10.1 Å². The number of carbonyl (C=O) groups excluding carboxylic acids is 1. The number of carbonyl (C=O) groups is 1. The first-order valence-corrected chi connectivity index (χ1v) is 6.39. The van der Waals surface area contributed by atoms with Crippen molar-refractivity contribution >= 4 is 6.29 Å². The van der Waals surface area contributed by atoms with Crippen molar-refractivity contribution in [1.29, 1.82) is 0 Å². The van der Waals surface area contributed by atoms with Crippen LogP contribution in [0, 0.1) is 5.92 Å². The molecule has 0 unspecified atom stereocenters. The van der Waals surface area contributed by atoms with Gasteiger partial charge in [0, 0.05) is 5.92 Å². The molecule has 1 N–H and O–H groups in total. The van der Waals surface area contributed by atoms with Crippen molar-refractivity contribution in [2.24, 2.45) is 5.92 Å². The predicted octanol–water partition coefficient (Wildman–Crippen LogP) is 3.65. The third-order valence-corrected chi connectivity index (χ3v) is 1.84. The van der Waals surface area contributed by atoms with Gasteiger partial charge >= 0.3 is 0 Å². The number of aldehydes is 1. The standard InChI is InChI=1S/C7H12O.C2H7N.2C2H6/c8-6-7-4-2-1-3-5-7;1-3-2;2*1-2/h6-7H,1-5H2;3H,1-2H3;2*1-2H3. The maximum atomic E-state index is 10.2. The minimum absolute atomic E-state index is 0.406. The minimum Gasteiger partial charge on any atom is -0.323 e. The summed E-state index contributed by atoms with van der Waals surface area (Å²) in [6.07, 6.45) is 7.27. The topological polar surface area (TPSA) is 29.1 Å². The maximum absolute atomic E-state index is 10.2. The van der Waals surface area contributed by atoms with Crippen LogP contribution in [-0.4, -0.2) is 20.4 Å². The van der Waals surface area contributed by atoms with Crippen molar-refractivity contribution in [3.05, 3.63) is 0 Å². The number of hydrogen-bond donors (Lipinski definition) is 1. The van der Waals surface area contributed by atoms with E-state index in [1.165, 1.54) is 19.3 Å². The van der Waals surface area contributed by atoms with Gasteiger partial charge in [-0.3, -0.25) is 0 Å². The summed E-state index contributed by atoms with van der Waals surface area (Å²) in [5.41, 5.74) is 0. The van der Waals surface area contributed by atoms with Crippen LogP contribution in [0.4, 0.5) is 0 Å². The Morgan fingerprint density at radius 1 is 0.933 bits per heavy atom. The molecule has 0 amide bonds. The first-order valence-electron chi connectivity index (χ1n) is 6.39. The number of rotatable bonds is 1. The van der Waals surface area contributed by atoms with E-state index in [-0.39, 0.29) is 0 Å². The first kappa shape index (κ1) is 20.1. The molecule has 94 valence electrons. The van der Waals surface area contributed by atoms with Crippen LogP contribution in [0.3, 0.4) is 0 Å². The second-order valence-corrected chi connectivity index (χ2v) is 3.03. The molecule has 0 saturated heterocycles. The molecule has 0 aromatic rings. The maximum Gasteiger partial charge on any atom is 0.123 e. The third kappa shape index (κ3) is 19.9. The molecule has 1 aliphatic carbocycles. The summed E-state index contributed by atoms with van der Waals surface area (Å²) in [6, 6.07) is 0. The van der Waals surface area contributed by atoms with E-state index in [0.717, 1.165) is 19.1 Å². The monoisotopic (exact) mass is 217 g/mol. The Morgan fingerprint density at radius 2 is 1.27 bits per heavy atom.